The fourth-order valence-electron chi connectivity index (χ4n) is 4.75. The van der Waals surface area contributed by atoms with Crippen molar-refractivity contribution in [1.82, 2.24) is 9.80 Å². The molecule has 28 heavy (non-hydrogen) atoms. The lowest BCUT2D eigenvalue weighted by molar-refractivity contribution is -0.134. The van der Waals surface area contributed by atoms with Crippen LogP contribution in [0.1, 0.15) is 49.1 Å². The van der Waals surface area contributed by atoms with Crippen LogP contribution in [0, 0.1) is 0 Å². The molecule has 2 fully saturated rings. The largest absolute Gasteiger partial charge is 0.339 e. The van der Waals surface area contributed by atoms with Crippen LogP contribution in [-0.4, -0.2) is 47.9 Å². The molecule has 4 rings (SSSR count). The maximum Gasteiger partial charge on any atom is 0.234 e. The first-order chi connectivity index (χ1) is 13.7. The second kappa shape index (κ2) is 9.11. The average molecular weight is 397 g/mol. The van der Waals surface area contributed by atoms with E-state index in [0.717, 1.165) is 43.3 Å². The Morgan fingerprint density at radius 1 is 0.857 bits per heavy atom. The van der Waals surface area contributed by atoms with Crippen molar-refractivity contribution in [3.63, 3.8) is 0 Å². The Morgan fingerprint density at radius 3 is 2.18 bits per heavy atom. The Hall–Kier alpha value is -1.84. The molecule has 1 unspecified atom stereocenters. The summed E-state index contributed by atoms with van der Waals surface area (Å²) in [5.74, 6) is -0.168. The Balaban J connectivity index is 1.51. The smallest absolute Gasteiger partial charge is 0.234 e. The highest BCUT2D eigenvalue weighted by Crippen LogP contribution is 2.32. The number of hydrogen-bond acceptors (Lipinski definition) is 2. The molecule has 0 aromatic heterocycles. The highest BCUT2D eigenvalue weighted by molar-refractivity contribution is 6.31. The van der Waals surface area contributed by atoms with E-state index in [1.54, 1.807) is 0 Å². The summed E-state index contributed by atoms with van der Waals surface area (Å²) in [7, 11) is 0. The van der Waals surface area contributed by atoms with Crippen molar-refractivity contribution in [2.45, 2.75) is 44.1 Å². The molecule has 3 nitrogen and oxygen atoms in total. The third-order valence-corrected chi connectivity index (χ3v) is 6.66. The summed E-state index contributed by atoms with van der Waals surface area (Å²) in [6, 6.07) is 18.5. The molecule has 0 spiro atoms. The van der Waals surface area contributed by atoms with Crippen LogP contribution in [0.4, 0.5) is 0 Å². The first-order valence-corrected chi connectivity index (χ1v) is 10.9. The topological polar surface area (TPSA) is 23.6 Å². The number of carbonyl (C=O) groups is 1. The molecule has 1 heterocycles. The minimum Gasteiger partial charge on any atom is -0.339 e. The van der Waals surface area contributed by atoms with Gasteiger partial charge in [0.2, 0.25) is 5.91 Å². The van der Waals surface area contributed by atoms with E-state index in [9.17, 15) is 4.79 Å². The quantitative estimate of drug-likeness (QED) is 0.730. The normalized spacial score (nSPS) is 20.1. The van der Waals surface area contributed by atoms with E-state index in [2.05, 4.69) is 4.90 Å². The van der Waals surface area contributed by atoms with Crippen molar-refractivity contribution in [2.24, 2.45) is 0 Å². The van der Waals surface area contributed by atoms with Crippen LogP contribution >= 0.6 is 11.6 Å². The van der Waals surface area contributed by atoms with Crippen LogP contribution in [0.15, 0.2) is 54.6 Å². The van der Waals surface area contributed by atoms with Gasteiger partial charge in [0.15, 0.2) is 0 Å². The zero-order valence-electron chi connectivity index (χ0n) is 16.4. The lowest BCUT2D eigenvalue weighted by atomic mass is 9.89. The van der Waals surface area contributed by atoms with Gasteiger partial charge in [0.25, 0.3) is 0 Å². The van der Waals surface area contributed by atoms with E-state index >= 15 is 0 Å². The van der Waals surface area contributed by atoms with E-state index < -0.39 is 0 Å². The van der Waals surface area contributed by atoms with Crippen LogP contribution in [-0.2, 0) is 4.79 Å². The summed E-state index contributed by atoms with van der Waals surface area (Å²) in [6.45, 7) is 3.59. The third kappa shape index (κ3) is 4.26. The Bertz CT molecular complexity index is 780. The zero-order valence-corrected chi connectivity index (χ0v) is 17.2. The summed E-state index contributed by atoms with van der Waals surface area (Å²) >= 11 is 6.50. The van der Waals surface area contributed by atoms with E-state index in [1.165, 1.54) is 32.1 Å². The van der Waals surface area contributed by atoms with E-state index in [4.69, 9.17) is 11.6 Å². The minimum absolute atomic E-state index is 0.169. The first kappa shape index (κ1) is 19.5. The molecule has 2 aromatic carbocycles. The summed E-state index contributed by atoms with van der Waals surface area (Å²) in [5.41, 5.74) is 1.91. The van der Waals surface area contributed by atoms with Crippen molar-refractivity contribution in [3.8, 4) is 0 Å². The van der Waals surface area contributed by atoms with Crippen molar-refractivity contribution < 1.29 is 4.79 Å². The highest BCUT2D eigenvalue weighted by atomic mass is 35.5. The fraction of sp³-hybridized carbons (Fsp3) is 0.458. The second-order valence-electron chi connectivity index (χ2n) is 8.02. The van der Waals surface area contributed by atoms with Crippen molar-refractivity contribution in [1.29, 1.82) is 0 Å². The van der Waals surface area contributed by atoms with Gasteiger partial charge < -0.3 is 4.90 Å². The molecule has 148 valence electrons. The van der Waals surface area contributed by atoms with Crippen molar-refractivity contribution in [2.75, 3.05) is 26.2 Å². The van der Waals surface area contributed by atoms with Gasteiger partial charge in [-0.1, -0.05) is 79.4 Å². The second-order valence-corrected chi connectivity index (χ2v) is 8.43. The molecule has 4 heteroatoms. The summed E-state index contributed by atoms with van der Waals surface area (Å²) < 4.78 is 0. The first-order valence-electron chi connectivity index (χ1n) is 10.6. The molecule has 2 aromatic rings. The lowest BCUT2D eigenvalue weighted by Gasteiger charge is -2.41. The highest BCUT2D eigenvalue weighted by Gasteiger charge is 2.32. The molecule has 0 radical (unpaired) electrons. The number of amides is 1. The Labute approximate surface area is 173 Å². The van der Waals surface area contributed by atoms with Gasteiger partial charge in [0.1, 0.15) is 0 Å². The van der Waals surface area contributed by atoms with Gasteiger partial charge in [-0.3, -0.25) is 9.69 Å². The molecule has 1 atom stereocenters. The molecule has 1 saturated heterocycles. The van der Waals surface area contributed by atoms with E-state index in [0.29, 0.717) is 5.02 Å². The molecule has 1 aliphatic heterocycles. The summed E-state index contributed by atoms with van der Waals surface area (Å²) in [5, 5.41) is 0.658. The van der Waals surface area contributed by atoms with Crippen LogP contribution < -0.4 is 0 Å². The number of carbonyl (C=O) groups excluding carboxylic acids is 1. The van der Waals surface area contributed by atoms with Gasteiger partial charge in [0.05, 0.1) is 5.92 Å². The summed E-state index contributed by atoms with van der Waals surface area (Å²) in [4.78, 5) is 18.2. The Morgan fingerprint density at radius 2 is 1.50 bits per heavy atom. The van der Waals surface area contributed by atoms with Crippen molar-refractivity contribution in [3.05, 3.63) is 70.7 Å². The van der Waals surface area contributed by atoms with Crippen LogP contribution in [0.3, 0.4) is 0 Å². The van der Waals surface area contributed by atoms with Gasteiger partial charge >= 0.3 is 0 Å². The van der Waals surface area contributed by atoms with Gasteiger partial charge in [-0.25, -0.2) is 0 Å². The molecule has 0 bridgehead atoms. The molecule has 1 aliphatic carbocycles. The fourth-order valence-corrected chi connectivity index (χ4v) is 4.99. The maximum atomic E-state index is 13.6. The molecule has 2 aliphatic rings. The minimum atomic E-state index is -0.337. The SMILES string of the molecule is O=C(C(c1ccccc1)c1ccccc1Cl)N1CCN(C2CCCCC2)CC1. The number of hydrogen-bond donors (Lipinski definition) is 0. The molecule has 0 N–H and O–H groups in total. The number of halogens is 1. The maximum absolute atomic E-state index is 13.6. The Kier molecular flexibility index (Phi) is 6.33. The van der Waals surface area contributed by atoms with Gasteiger partial charge in [0, 0.05) is 37.2 Å². The molecule has 1 saturated carbocycles. The van der Waals surface area contributed by atoms with Crippen LogP contribution in [0.2, 0.25) is 5.02 Å². The number of rotatable bonds is 4. The third-order valence-electron chi connectivity index (χ3n) is 6.31. The van der Waals surface area contributed by atoms with Crippen LogP contribution in [0.25, 0.3) is 0 Å². The molecule has 1 amide bonds. The number of benzene rings is 2. The molecular formula is C24H29ClN2O. The van der Waals surface area contributed by atoms with Crippen LogP contribution in [0.5, 0.6) is 0 Å². The monoisotopic (exact) mass is 396 g/mol. The lowest BCUT2D eigenvalue weighted by Crippen LogP contribution is -2.53. The predicted octanol–water partition coefficient (Wildman–Crippen LogP) is 4.95. The average Bonchev–Trinajstić information content (AvgIpc) is 2.77. The number of piperazine rings is 1. The van der Waals surface area contributed by atoms with Gasteiger partial charge in [-0.05, 0) is 30.0 Å². The summed E-state index contributed by atoms with van der Waals surface area (Å²) in [6.07, 6.45) is 6.73. The van der Waals surface area contributed by atoms with Gasteiger partial charge in [-0.2, -0.15) is 0 Å². The predicted molar refractivity (Wildman–Crippen MR) is 115 cm³/mol. The number of nitrogens with zero attached hydrogens (tertiary/aromatic N) is 2. The standard InChI is InChI=1S/C24H29ClN2O/c25-22-14-8-7-13-21(22)23(19-9-3-1-4-10-19)24(28)27-17-15-26(16-18-27)20-11-5-2-6-12-20/h1,3-4,7-10,13-14,20,23H,2,5-6,11-12,15-18H2. The van der Waals surface area contributed by atoms with E-state index in [-0.39, 0.29) is 11.8 Å². The zero-order chi connectivity index (χ0) is 19.3. The van der Waals surface area contributed by atoms with E-state index in [1.807, 2.05) is 59.5 Å². The van der Waals surface area contributed by atoms with Crippen molar-refractivity contribution >= 4 is 17.5 Å². The molecular weight excluding hydrogens is 368 g/mol. The van der Waals surface area contributed by atoms with Gasteiger partial charge in [-0.15, -0.1) is 0 Å².